The second-order valence-electron chi connectivity index (χ2n) is 7.59. The number of fused-ring (bicyclic) bond motifs is 3. The first kappa shape index (κ1) is 19.7. The Morgan fingerprint density at radius 1 is 1.20 bits per heavy atom. The van der Waals surface area contributed by atoms with E-state index < -0.39 is 28.3 Å². The zero-order chi connectivity index (χ0) is 21.5. The Labute approximate surface area is 173 Å². The maximum atomic E-state index is 13.0. The van der Waals surface area contributed by atoms with Gasteiger partial charge in [0.05, 0.1) is 11.0 Å². The number of nitrogens with one attached hydrogen (secondary N) is 1. The predicted molar refractivity (Wildman–Crippen MR) is 111 cm³/mol. The van der Waals surface area contributed by atoms with Crippen LogP contribution in [0.25, 0.3) is 0 Å². The summed E-state index contributed by atoms with van der Waals surface area (Å²) in [5.41, 5.74) is 0.331. The van der Waals surface area contributed by atoms with Gasteiger partial charge in [-0.25, -0.2) is 0 Å². The molecule has 2 N–H and O–H groups in total. The number of nitro benzene ring substituents is 1. The smallest absolute Gasteiger partial charge is 0.321 e. The van der Waals surface area contributed by atoms with Crippen molar-refractivity contribution in [2.75, 3.05) is 36.5 Å². The number of carbonyl (C=O) groups is 2. The van der Waals surface area contributed by atoms with Crippen molar-refractivity contribution in [3.63, 3.8) is 0 Å². The van der Waals surface area contributed by atoms with E-state index in [9.17, 15) is 24.8 Å². The minimum atomic E-state index is -1.76. The maximum Gasteiger partial charge on any atom is 0.321 e. The molecule has 0 saturated carbocycles. The molecule has 9 heteroatoms. The number of nitro groups is 1. The predicted octanol–water partition coefficient (Wildman–Crippen LogP) is 1.66. The summed E-state index contributed by atoms with van der Waals surface area (Å²) in [6, 6.07) is 13.5. The molecule has 0 aliphatic carbocycles. The number of carboxylic acid groups (broad SMARTS) is 1. The molecular weight excluding hydrogens is 388 g/mol. The van der Waals surface area contributed by atoms with Gasteiger partial charge in [-0.05, 0) is 23.8 Å². The molecule has 30 heavy (non-hydrogen) atoms. The van der Waals surface area contributed by atoms with Gasteiger partial charge in [-0.3, -0.25) is 19.7 Å². The van der Waals surface area contributed by atoms with Gasteiger partial charge in [0.2, 0.25) is 5.91 Å². The minimum Gasteiger partial charge on any atom is -0.480 e. The molecule has 2 aromatic carbocycles. The van der Waals surface area contributed by atoms with Crippen molar-refractivity contribution in [1.82, 2.24) is 5.32 Å². The van der Waals surface area contributed by atoms with Gasteiger partial charge in [-0.15, -0.1) is 0 Å². The van der Waals surface area contributed by atoms with Crippen molar-refractivity contribution in [2.24, 2.45) is 5.41 Å². The monoisotopic (exact) mass is 410 g/mol. The standard InChI is InChI=1S/C21H22N4O5/c1-22-19(26)21(20(27)28)12-14-11-16(25(29)30)7-8-17(14)24-10-9-23(13-18(21)24)15-5-3-2-4-6-15/h2-8,11,18H,9-10,12-13H2,1H3,(H,22,26)(H,27,28). The average molecular weight is 410 g/mol. The Hall–Kier alpha value is -3.62. The SMILES string of the molecule is CNC(=O)C1(C(=O)O)Cc2cc([N+](=O)[O-])ccc2N2CCN(c3ccccc3)CC21. The van der Waals surface area contributed by atoms with Gasteiger partial charge in [0, 0.05) is 56.6 Å². The van der Waals surface area contributed by atoms with E-state index in [0.717, 1.165) is 11.4 Å². The Morgan fingerprint density at radius 2 is 1.93 bits per heavy atom. The van der Waals surface area contributed by atoms with Gasteiger partial charge < -0.3 is 20.2 Å². The zero-order valence-electron chi connectivity index (χ0n) is 16.4. The molecule has 4 rings (SSSR count). The number of nitrogens with zero attached hydrogens (tertiary/aromatic N) is 3. The summed E-state index contributed by atoms with van der Waals surface area (Å²) in [5, 5.41) is 24.0. The van der Waals surface area contributed by atoms with Crippen LogP contribution in [0.15, 0.2) is 48.5 Å². The van der Waals surface area contributed by atoms with E-state index in [1.54, 1.807) is 6.07 Å². The lowest BCUT2D eigenvalue weighted by Gasteiger charge is -2.53. The van der Waals surface area contributed by atoms with E-state index in [4.69, 9.17) is 0 Å². The number of aliphatic carboxylic acids is 1. The molecule has 1 amide bonds. The van der Waals surface area contributed by atoms with Crippen LogP contribution in [0.3, 0.4) is 0 Å². The van der Waals surface area contributed by atoms with Gasteiger partial charge >= 0.3 is 5.97 Å². The summed E-state index contributed by atoms with van der Waals surface area (Å²) in [7, 11) is 1.41. The van der Waals surface area contributed by atoms with Crippen molar-refractivity contribution in [2.45, 2.75) is 12.5 Å². The van der Waals surface area contributed by atoms with Crippen molar-refractivity contribution in [1.29, 1.82) is 0 Å². The van der Waals surface area contributed by atoms with Crippen LogP contribution in [0.4, 0.5) is 17.1 Å². The molecule has 2 aliphatic heterocycles. The number of carboxylic acids is 1. The van der Waals surface area contributed by atoms with Crippen LogP contribution in [0.1, 0.15) is 5.56 Å². The highest BCUT2D eigenvalue weighted by Crippen LogP contribution is 2.45. The molecular formula is C21H22N4O5. The number of anilines is 2. The van der Waals surface area contributed by atoms with Gasteiger partial charge in [-0.2, -0.15) is 0 Å². The largest absolute Gasteiger partial charge is 0.480 e. The molecule has 9 nitrogen and oxygen atoms in total. The molecule has 2 aromatic rings. The van der Waals surface area contributed by atoms with E-state index in [2.05, 4.69) is 10.2 Å². The highest BCUT2D eigenvalue weighted by atomic mass is 16.6. The van der Waals surface area contributed by atoms with Crippen molar-refractivity contribution in [3.8, 4) is 0 Å². The van der Waals surface area contributed by atoms with Crippen molar-refractivity contribution >= 4 is 28.9 Å². The molecule has 0 radical (unpaired) electrons. The van der Waals surface area contributed by atoms with Crippen LogP contribution in [0, 0.1) is 15.5 Å². The summed E-state index contributed by atoms with van der Waals surface area (Å²) in [6.07, 6.45) is -0.108. The third-order valence-corrected chi connectivity index (χ3v) is 6.14. The second-order valence-corrected chi connectivity index (χ2v) is 7.59. The fourth-order valence-corrected chi connectivity index (χ4v) is 4.66. The minimum absolute atomic E-state index is 0.108. The Kier molecular flexibility index (Phi) is 4.81. The van der Waals surface area contributed by atoms with Crippen LogP contribution >= 0.6 is 0 Å². The highest BCUT2D eigenvalue weighted by molar-refractivity contribution is 6.04. The molecule has 2 aliphatic rings. The Balaban J connectivity index is 1.83. The average Bonchev–Trinajstić information content (AvgIpc) is 2.77. The molecule has 2 atom stereocenters. The summed E-state index contributed by atoms with van der Waals surface area (Å²) in [6.45, 7) is 1.48. The Bertz CT molecular complexity index is 1010. The fraction of sp³-hybridized carbons (Fsp3) is 0.333. The van der Waals surface area contributed by atoms with Crippen LogP contribution in [-0.4, -0.2) is 54.6 Å². The normalized spacial score (nSPS) is 22.6. The van der Waals surface area contributed by atoms with Gasteiger partial charge in [-0.1, -0.05) is 18.2 Å². The van der Waals surface area contributed by atoms with Crippen molar-refractivity contribution < 1.29 is 19.6 Å². The zero-order valence-corrected chi connectivity index (χ0v) is 16.4. The lowest BCUT2D eigenvalue weighted by Crippen LogP contribution is -2.69. The number of amides is 1. The van der Waals surface area contributed by atoms with E-state index in [-0.39, 0.29) is 12.1 Å². The Morgan fingerprint density at radius 3 is 2.57 bits per heavy atom. The summed E-state index contributed by atoms with van der Waals surface area (Å²) < 4.78 is 0. The third kappa shape index (κ3) is 2.94. The number of hydrogen-bond acceptors (Lipinski definition) is 6. The quantitative estimate of drug-likeness (QED) is 0.447. The van der Waals surface area contributed by atoms with E-state index in [0.29, 0.717) is 25.2 Å². The number of piperazine rings is 1. The van der Waals surface area contributed by atoms with E-state index in [1.807, 2.05) is 35.2 Å². The summed E-state index contributed by atoms with van der Waals surface area (Å²) in [5.74, 6) is -1.83. The van der Waals surface area contributed by atoms with E-state index >= 15 is 0 Å². The van der Waals surface area contributed by atoms with Crippen LogP contribution in [0.2, 0.25) is 0 Å². The van der Waals surface area contributed by atoms with Gasteiger partial charge in [0.15, 0.2) is 5.41 Å². The second kappa shape index (κ2) is 7.33. The molecule has 156 valence electrons. The molecule has 1 saturated heterocycles. The number of hydrogen-bond donors (Lipinski definition) is 2. The number of benzene rings is 2. The number of non-ortho nitro benzene ring substituents is 1. The summed E-state index contributed by atoms with van der Waals surface area (Å²) >= 11 is 0. The number of para-hydroxylation sites is 1. The number of carbonyl (C=O) groups excluding carboxylic acids is 1. The molecule has 2 unspecified atom stereocenters. The van der Waals surface area contributed by atoms with Crippen LogP contribution < -0.4 is 15.1 Å². The lowest BCUT2D eigenvalue weighted by molar-refractivity contribution is -0.384. The molecule has 0 aromatic heterocycles. The molecule has 2 heterocycles. The first-order valence-electron chi connectivity index (χ1n) is 9.68. The van der Waals surface area contributed by atoms with Crippen molar-refractivity contribution in [3.05, 3.63) is 64.2 Å². The summed E-state index contributed by atoms with van der Waals surface area (Å²) in [4.78, 5) is 40.3. The van der Waals surface area contributed by atoms with Gasteiger partial charge in [0.25, 0.3) is 5.69 Å². The van der Waals surface area contributed by atoms with Gasteiger partial charge in [0.1, 0.15) is 0 Å². The lowest BCUT2D eigenvalue weighted by atomic mass is 9.69. The molecule has 0 spiro atoms. The third-order valence-electron chi connectivity index (χ3n) is 6.14. The van der Waals surface area contributed by atoms with E-state index in [1.165, 1.54) is 19.2 Å². The first-order chi connectivity index (χ1) is 14.4. The highest BCUT2D eigenvalue weighted by Gasteiger charge is 2.58. The maximum absolute atomic E-state index is 13.0. The molecule has 0 bridgehead atoms. The fourth-order valence-electron chi connectivity index (χ4n) is 4.66. The topological polar surface area (TPSA) is 116 Å². The number of rotatable bonds is 4. The van der Waals surface area contributed by atoms with Crippen LogP contribution in [-0.2, 0) is 16.0 Å². The molecule has 1 fully saturated rings. The van der Waals surface area contributed by atoms with Crippen LogP contribution in [0.5, 0.6) is 0 Å². The first-order valence-corrected chi connectivity index (χ1v) is 9.68.